The molecule has 1 heterocycles. The van der Waals surface area contributed by atoms with Gasteiger partial charge >= 0.3 is 15.6 Å². The molecule has 0 atom stereocenters. The molecule has 0 aliphatic heterocycles. The van der Waals surface area contributed by atoms with Crippen molar-refractivity contribution < 1.29 is 26.1 Å². The lowest BCUT2D eigenvalue weighted by atomic mass is 10.3. The number of imidazole rings is 1. The zero-order chi connectivity index (χ0) is 15.1. The van der Waals surface area contributed by atoms with Crippen molar-refractivity contribution in [2.24, 2.45) is 0 Å². The Morgan fingerprint density at radius 2 is 1.84 bits per heavy atom. The molecule has 1 rings (SSSR count). The van der Waals surface area contributed by atoms with Crippen molar-refractivity contribution in [3.63, 3.8) is 0 Å². The van der Waals surface area contributed by atoms with Gasteiger partial charge in [0.2, 0.25) is 0 Å². The van der Waals surface area contributed by atoms with Gasteiger partial charge in [-0.2, -0.15) is 21.6 Å². The predicted octanol–water partition coefficient (Wildman–Crippen LogP) is 2.64. The summed E-state index contributed by atoms with van der Waals surface area (Å²) in [5, 5.41) is 0. The molecule has 19 heavy (non-hydrogen) atoms. The minimum atomic E-state index is -5.84. The number of aromatic nitrogens is 2. The molecule has 112 valence electrons. The second kappa shape index (κ2) is 7.49. The predicted molar refractivity (Wildman–Crippen MR) is 64.1 cm³/mol. The van der Waals surface area contributed by atoms with Crippen molar-refractivity contribution in [1.29, 1.82) is 0 Å². The van der Waals surface area contributed by atoms with E-state index in [1.54, 1.807) is 0 Å². The van der Waals surface area contributed by atoms with Gasteiger partial charge in [0.1, 0.15) is 5.82 Å². The zero-order valence-electron chi connectivity index (χ0n) is 10.7. The third-order valence-electron chi connectivity index (χ3n) is 2.03. The highest BCUT2D eigenvalue weighted by molar-refractivity contribution is 7.86. The van der Waals surface area contributed by atoms with Crippen LogP contribution < -0.4 is 0 Å². The monoisotopic (exact) mass is 302 g/mol. The van der Waals surface area contributed by atoms with Gasteiger partial charge in [-0.25, -0.2) is 4.98 Å². The second-order valence-corrected chi connectivity index (χ2v) is 5.12. The lowest BCUT2D eigenvalue weighted by molar-refractivity contribution is -0.0510. The molecule has 0 saturated carbocycles. The van der Waals surface area contributed by atoms with Crippen LogP contribution in [0.2, 0.25) is 0 Å². The average molecular weight is 302 g/mol. The summed E-state index contributed by atoms with van der Waals surface area (Å²) in [6, 6.07) is 0. The first-order valence-corrected chi connectivity index (χ1v) is 7.11. The number of rotatable bonds is 4. The number of alkyl halides is 3. The van der Waals surface area contributed by atoms with Crippen LogP contribution in [0.1, 0.15) is 32.5 Å². The Morgan fingerprint density at radius 3 is 2.21 bits per heavy atom. The van der Waals surface area contributed by atoms with Gasteiger partial charge in [-0.1, -0.05) is 13.8 Å². The van der Waals surface area contributed by atoms with Crippen LogP contribution in [0.25, 0.3) is 0 Å². The van der Waals surface area contributed by atoms with Gasteiger partial charge in [-0.15, -0.1) is 0 Å². The molecule has 1 aromatic rings. The van der Waals surface area contributed by atoms with E-state index < -0.39 is 15.6 Å². The Hall–Kier alpha value is -1.09. The van der Waals surface area contributed by atoms with Crippen molar-refractivity contribution in [3.05, 3.63) is 18.2 Å². The Morgan fingerprint density at radius 1 is 1.32 bits per heavy atom. The van der Waals surface area contributed by atoms with Crippen LogP contribution in [0.3, 0.4) is 0 Å². The lowest BCUT2D eigenvalue weighted by Gasteiger charge is -2.03. The molecule has 0 bridgehead atoms. The Bertz CT molecular complexity index is 448. The number of nitrogens with zero attached hydrogens (tertiary/aromatic N) is 2. The Balaban J connectivity index is 0.000000362. The zero-order valence-corrected chi connectivity index (χ0v) is 11.5. The van der Waals surface area contributed by atoms with Gasteiger partial charge in [0.15, 0.2) is 0 Å². The standard InChI is InChI=1S/C9H16N2.CHF3O3S/c1-3-5-9-10-6-8-11(9)7-4-2;2-1(3,4)8(5,6)7/h6,8H,3-5,7H2,1-2H3;(H,5,6,7). The van der Waals surface area contributed by atoms with Crippen LogP contribution in [-0.2, 0) is 23.1 Å². The SMILES string of the molecule is CCCc1nccn1CCC.O=S(=O)(O)C(F)(F)F. The summed E-state index contributed by atoms with van der Waals surface area (Å²) >= 11 is 0. The molecule has 0 saturated heterocycles. The molecule has 1 aromatic heterocycles. The van der Waals surface area contributed by atoms with Gasteiger partial charge < -0.3 is 4.57 Å². The maximum atomic E-state index is 10.7. The average Bonchev–Trinajstić information content (AvgIpc) is 2.65. The fraction of sp³-hybridized carbons (Fsp3) is 0.700. The summed E-state index contributed by atoms with van der Waals surface area (Å²) in [5.74, 6) is 1.23. The second-order valence-electron chi connectivity index (χ2n) is 3.71. The lowest BCUT2D eigenvalue weighted by Crippen LogP contribution is -2.21. The first-order valence-electron chi connectivity index (χ1n) is 5.67. The van der Waals surface area contributed by atoms with Crippen LogP contribution in [0.4, 0.5) is 13.2 Å². The molecule has 0 aromatic carbocycles. The third-order valence-corrected chi connectivity index (χ3v) is 2.62. The fourth-order valence-corrected chi connectivity index (χ4v) is 1.24. The quantitative estimate of drug-likeness (QED) is 0.685. The third kappa shape index (κ3) is 6.58. The van der Waals surface area contributed by atoms with Crippen LogP contribution in [-0.4, -0.2) is 28.0 Å². The van der Waals surface area contributed by atoms with Gasteiger partial charge in [0.25, 0.3) is 0 Å². The molecule has 5 nitrogen and oxygen atoms in total. The van der Waals surface area contributed by atoms with E-state index in [2.05, 4.69) is 29.6 Å². The maximum absolute atomic E-state index is 10.7. The number of aryl methyl sites for hydroxylation is 2. The van der Waals surface area contributed by atoms with E-state index in [1.165, 1.54) is 18.7 Å². The van der Waals surface area contributed by atoms with Crippen molar-refractivity contribution in [2.75, 3.05) is 0 Å². The van der Waals surface area contributed by atoms with E-state index in [0.29, 0.717) is 0 Å². The smallest absolute Gasteiger partial charge is 0.335 e. The highest BCUT2D eigenvalue weighted by atomic mass is 32.2. The van der Waals surface area contributed by atoms with Crippen LogP contribution in [0.5, 0.6) is 0 Å². The molecule has 1 N–H and O–H groups in total. The van der Waals surface area contributed by atoms with Crippen molar-refractivity contribution in [2.45, 2.75) is 45.2 Å². The number of hydrogen-bond donors (Lipinski definition) is 1. The molecule has 0 aliphatic rings. The molecule has 0 spiro atoms. The van der Waals surface area contributed by atoms with E-state index in [4.69, 9.17) is 13.0 Å². The molecule has 9 heteroatoms. The van der Waals surface area contributed by atoms with Gasteiger partial charge in [0, 0.05) is 25.4 Å². The topological polar surface area (TPSA) is 72.2 Å². The first kappa shape index (κ1) is 17.9. The summed E-state index contributed by atoms with van der Waals surface area (Å²) in [4.78, 5) is 4.29. The fourth-order valence-electron chi connectivity index (χ4n) is 1.24. The van der Waals surface area contributed by atoms with Gasteiger partial charge in [-0.3, -0.25) is 4.55 Å². The van der Waals surface area contributed by atoms with Gasteiger partial charge in [-0.05, 0) is 12.8 Å². The normalized spacial score (nSPS) is 11.9. The van der Waals surface area contributed by atoms with E-state index >= 15 is 0 Å². The molecule has 0 unspecified atom stereocenters. The summed E-state index contributed by atoms with van der Waals surface area (Å²) in [6.07, 6.45) is 7.43. The molecule has 0 fully saturated rings. The Labute approximate surface area is 110 Å². The van der Waals surface area contributed by atoms with E-state index in [0.717, 1.165) is 13.0 Å². The Kier molecular flexibility index (Phi) is 7.06. The molecular weight excluding hydrogens is 285 g/mol. The molecule has 0 amide bonds. The van der Waals surface area contributed by atoms with E-state index in [-0.39, 0.29) is 0 Å². The number of halogens is 3. The summed E-state index contributed by atoms with van der Waals surface area (Å²) in [7, 11) is -5.84. The largest absolute Gasteiger partial charge is 0.522 e. The molecule has 0 radical (unpaired) electrons. The van der Waals surface area contributed by atoms with Crippen LogP contribution in [0.15, 0.2) is 12.4 Å². The number of hydrogen-bond acceptors (Lipinski definition) is 3. The minimum Gasteiger partial charge on any atom is -0.335 e. The van der Waals surface area contributed by atoms with Crippen molar-refractivity contribution in [1.82, 2.24) is 9.55 Å². The van der Waals surface area contributed by atoms with Gasteiger partial charge in [0.05, 0.1) is 0 Å². The highest BCUT2D eigenvalue weighted by Gasteiger charge is 2.44. The first-order chi connectivity index (χ1) is 8.63. The van der Waals surface area contributed by atoms with Crippen molar-refractivity contribution >= 4 is 10.1 Å². The maximum Gasteiger partial charge on any atom is 0.522 e. The summed E-state index contributed by atoms with van der Waals surface area (Å²) < 4.78 is 59.8. The van der Waals surface area contributed by atoms with Crippen molar-refractivity contribution in [3.8, 4) is 0 Å². The highest BCUT2D eigenvalue weighted by Crippen LogP contribution is 2.20. The molecular formula is C10H17F3N2O3S. The molecule has 0 aliphatic carbocycles. The van der Waals surface area contributed by atoms with Crippen LogP contribution in [0, 0.1) is 0 Å². The van der Waals surface area contributed by atoms with Crippen LogP contribution >= 0.6 is 0 Å². The summed E-state index contributed by atoms with van der Waals surface area (Å²) in [6.45, 7) is 5.48. The van der Waals surface area contributed by atoms with E-state index in [9.17, 15) is 13.2 Å². The minimum absolute atomic E-state index is 1.10. The van der Waals surface area contributed by atoms with E-state index in [1.807, 2.05) is 6.20 Å². The summed E-state index contributed by atoms with van der Waals surface area (Å²) in [5.41, 5.74) is -5.53.